The highest BCUT2D eigenvalue weighted by Gasteiger charge is 2.38. The molecule has 0 saturated heterocycles. The van der Waals surface area contributed by atoms with E-state index in [9.17, 15) is 29.1 Å². The molecule has 1 fully saturated rings. The van der Waals surface area contributed by atoms with Crippen LogP contribution in [0, 0.1) is 17.8 Å². The van der Waals surface area contributed by atoms with Crippen LogP contribution >= 0.6 is 0 Å². The van der Waals surface area contributed by atoms with E-state index in [1.54, 1.807) is 39.1 Å². The Bertz CT molecular complexity index is 1780. The van der Waals surface area contributed by atoms with Gasteiger partial charge in [0, 0.05) is 37.5 Å². The van der Waals surface area contributed by atoms with Crippen LogP contribution in [-0.2, 0) is 43.3 Å². The summed E-state index contributed by atoms with van der Waals surface area (Å²) in [6.45, 7) is 8.81. The molecule has 2 aromatic heterocycles. The molecule has 3 aromatic rings. The number of nitrogens with zero attached hydrogens (tertiary/aromatic N) is 2. The number of H-pyrrole nitrogens is 1. The Hall–Kier alpha value is -5.35. The molecule has 1 aliphatic rings. The Labute approximate surface area is 353 Å². The number of aliphatic hydroxyl groups is 1. The minimum Gasteiger partial charge on any atom is -0.444 e. The van der Waals surface area contributed by atoms with E-state index >= 15 is 0 Å². The molecule has 0 aliphatic heterocycles. The highest BCUT2D eigenvalue weighted by Crippen LogP contribution is 2.29. The number of rotatable bonds is 21. The number of carbonyl (C=O) groups is 5. The average Bonchev–Trinajstić information content (AvgIpc) is 3.75. The Morgan fingerprint density at radius 1 is 0.883 bits per heavy atom. The Kier molecular flexibility index (Phi) is 18.5. The van der Waals surface area contributed by atoms with Gasteiger partial charge in [-0.25, -0.2) is 9.78 Å². The molecule has 16 heteroatoms. The molecule has 1 aromatic carbocycles. The van der Waals surface area contributed by atoms with Gasteiger partial charge in [0.25, 0.3) is 0 Å². The van der Waals surface area contributed by atoms with Crippen molar-refractivity contribution in [1.29, 1.82) is 0 Å². The highest BCUT2D eigenvalue weighted by molar-refractivity contribution is 5.92. The molecular formula is C44H65N9O7. The Morgan fingerprint density at radius 3 is 2.18 bits per heavy atom. The van der Waals surface area contributed by atoms with E-state index in [2.05, 4.69) is 41.5 Å². The first-order valence-electron chi connectivity index (χ1n) is 21.1. The van der Waals surface area contributed by atoms with Crippen molar-refractivity contribution in [2.24, 2.45) is 23.5 Å². The van der Waals surface area contributed by atoms with E-state index in [-0.39, 0.29) is 37.8 Å². The Balaban J connectivity index is 1.57. The smallest absolute Gasteiger partial charge is 0.408 e. The van der Waals surface area contributed by atoms with Gasteiger partial charge in [0.1, 0.15) is 23.7 Å². The van der Waals surface area contributed by atoms with Gasteiger partial charge in [-0.05, 0) is 56.7 Å². The summed E-state index contributed by atoms with van der Waals surface area (Å²) in [5.74, 6) is -3.56. The van der Waals surface area contributed by atoms with E-state index < -0.39 is 71.5 Å². The van der Waals surface area contributed by atoms with Gasteiger partial charge in [-0.2, -0.15) is 0 Å². The first kappa shape index (κ1) is 47.3. The average molecular weight is 832 g/mol. The summed E-state index contributed by atoms with van der Waals surface area (Å²) >= 11 is 0. The van der Waals surface area contributed by atoms with Crippen LogP contribution in [0.5, 0.6) is 0 Å². The van der Waals surface area contributed by atoms with Gasteiger partial charge in [0.05, 0.1) is 36.6 Å². The van der Waals surface area contributed by atoms with Crippen LogP contribution in [0.15, 0.2) is 67.3 Å². The van der Waals surface area contributed by atoms with Crippen molar-refractivity contribution in [2.45, 2.75) is 135 Å². The fraction of sp³-hybridized carbons (Fsp3) is 0.568. The largest absolute Gasteiger partial charge is 0.444 e. The monoisotopic (exact) mass is 832 g/mol. The third kappa shape index (κ3) is 15.4. The number of hydrogen-bond acceptors (Lipinski definition) is 10. The molecule has 2 heterocycles. The molecule has 5 amide bonds. The normalized spacial score (nSPS) is 16.8. The zero-order valence-corrected chi connectivity index (χ0v) is 35.6. The maximum Gasteiger partial charge on any atom is 0.408 e. The number of alkyl carbamates (subject to hydrolysis) is 1. The molecule has 4 rings (SSSR count). The number of aliphatic hydroxyl groups excluding tert-OH is 1. The predicted octanol–water partition coefficient (Wildman–Crippen LogP) is 3.21. The first-order valence-corrected chi connectivity index (χ1v) is 21.1. The molecule has 1 aliphatic carbocycles. The zero-order valence-electron chi connectivity index (χ0n) is 35.6. The van der Waals surface area contributed by atoms with Crippen LogP contribution in [0.1, 0.15) is 96.5 Å². The van der Waals surface area contributed by atoms with Crippen molar-refractivity contribution >= 4 is 29.7 Å². The van der Waals surface area contributed by atoms with Gasteiger partial charge in [0.2, 0.25) is 23.6 Å². The topological polar surface area (TPSA) is 243 Å². The van der Waals surface area contributed by atoms with Crippen LogP contribution in [0.3, 0.4) is 0 Å². The van der Waals surface area contributed by atoms with Gasteiger partial charge in [-0.3, -0.25) is 24.2 Å². The highest BCUT2D eigenvalue weighted by atomic mass is 16.6. The molecule has 1 saturated carbocycles. The maximum absolute atomic E-state index is 14.4. The molecular weight excluding hydrogens is 767 g/mol. The fourth-order valence-corrected chi connectivity index (χ4v) is 7.39. The summed E-state index contributed by atoms with van der Waals surface area (Å²) in [6, 6.07) is 10.3. The third-order valence-electron chi connectivity index (χ3n) is 10.9. The number of nitrogens with one attached hydrogen (secondary N) is 6. The van der Waals surface area contributed by atoms with E-state index in [1.165, 1.54) is 12.5 Å². The van der Waals surface area contributed by atoms with Gasteiger partial charge in [-0.15, -0.1) is 0 Å². The SMILES string of the molecule is CCC(C)C(NC(=O)C(CN)C(O)C(CC1CCCCC1)NC(=O)C(Cc1cnc[nH]1)NC(=O)C(Cc1ccccc1)NC(=O)OC(C)(C)C)C(=O)NCc1ccccn1. The lowest BCUT2D eigenvalue weighted by Crippen LogP contribution is -2.60. The number of hydrogen-bond donors (Lipinski definition) is 8. The van der Waals surface area contributed by atoms with Crippen molar-refractivity contribution in [3.05, 3.63) is 84.2 Å². The van der Waals surface area contributed by atoms with Crippen LogP contribution in [0.2, 0.25) is 0 Å². The van der Waals surface area contributed by atoms with Gasteiger partial charge < -0.3 is 47.1 Å². The van der Waals surface area contributed by atoms with E-state index in [0.717, 1.165) is 37.7 Å². The quantitative estimate of drug-likeness (QED) is 0.0780. The Morgan fingerprint density at radius 2 is 1.57 bits per heavy atom. The maximum atomic E-state index is 14.4. The molecule has 7 unspecified atom stereocenters. The van der Waals surface area contributed by atoms with Crippen LogP contribution in [0.4, 0.5) is 4.79 Å². The van der Waals surface area contributed by atoms with Crippen molar-refractivity contribution < 1.29 is 33.8 Å². The standard InChI is InChI=1S/C44H65N9O7/c1-6-28(2)37(42(58)48-26-31-19-13-14-20-47-31)53-39(55)33(24-45)38(54)34(21-29-15-9-7-10-16-29)50-41(57)36(23-32-25-46-27-49-32)51-40(56)35(22-30-17-11-8-12-18-30)52-43(59)60-44(3,4)5/h8,11-14,17-20,25,27-29,33-38,54H,6-7,9-10,15-16,21-24,26,45H2,1-5H3,(H,46,49)(H,48,58)(H,50,57)(H,51,56)(H,52,59)(H,53,55). The summed E-state index contributed by atoms with van der Waals surface area (Å²) in [7, 11) is 0. The van der Waals surface area contributed by atoms with Gasteiger partial charge >= 0.3 is 6.09 Å². The summed E-state index contributed by atoms with van der Waals surface area (Å²) in [4.78, 5) is 80.3. The van der Waals surface area contributed by atoms with Crippen LogP contribution in [-0.4, -0.2) is 92.2 Å². The number of aromatic nitrogens is 3. The minimum absolute atomic E-state index is 0.000680. The van der Waals surface area contributed by atoms with Crippen molar-refractivity contribution in [3.63, 3.8) is 0 Å². The molecule has 16 nitrogen and oxygen atoms in total. The summed E-state index contributed by atoms with van der Waals surface area (Å²) in [5, 5.41) is 26.3. The molecule has 0 radical (unpaired) electrons. The van der Waals surface area contributed by atoms with E-state index in [4.69, 9.17) is 10.5 Å². The number of pyridine rings is 1. The molecule has 7 atom stereocenters. The second-order valence-electron chi connectivity index (χ2n) is 16.8. The zero-order chi connectivity index (χ0) is 43.7. The lowest BCUT2D eigenvalue weighted by atomic mass is 9.81. The van der Waals surface area contributed by atoms with E-state index in [1.807, 2.05) is 50.2 Å². The molecule has 0 spiro atoms. The van der Waals surface area contributed by atoms with Crippen LogP contribution in [0.25, 0.3) is 0 Å². The summed E-state index contributed by atoms with van der Waals surface area (Å²) in [5.41, 5.74) is 7.36. The fourth-order valence-electron chi connectivity index (χ4n) is 7.39. The third-order valence-corrected chi connectivity index (χ3v) is 10.9. The number of imidazole rings is 1. The number of carbonyl (C=O) groups excluding carboxylic acids is 5. The van der Waals surface area contributed by atoms with Crippen molar-refractivity contribution in [3.8, 4) is 0 Å². The molecule has 0 bridgehead atoms. The van der Waals surface area contributed by atoms with Crippen LogP contribution < -0.4 is 32.3 Å². The van der Waals surface area contributed by atoms with Crippen molar-refractivity contribution in [2.75, 3.05) is 6.54 Å². The number of amides is 5. The summed E-state index contributed by atoms with van der Waals surface area (Å²) < 4.78 is 5.47. The van der Waals surface area contributed by atoms with E-state index in [0.29, 0.717) is 24.2 Å². The predicted molar refractivity (Wildman–Crippen MR) is 227 cm³/mol. The minimum atomic E-state index is -1.45. The van der Waals surface area contributed by atoms with Crippen molar-refractivity contribution in [1.82, 2.24) is 41.5 Å². The molecule has 328 valence electrons. The number of benzene rings is 1. The lowest BCUT2D eigenvalue weighted by molar-refractivity contribution is -0.136. The number of ether oxygens (including phenoxy) is 1. The molecule has 9 N–H and O–H groups in total. The second kappa shape index (κ2) is 23.4. The summed E-state index contributed by atoms with van der Waals surface area (Å²) in [6.07, 6.45) is 8.29. The first-order chi connectivity index (χ1) is 28.7. The second-order valence-corrected chi connectivity index (χ2v) is 16.8. The number of nitrogens with two attached hydrogens (primary N) is 1. The van der Waals surface area contributed by atoms with Gasteiger partial charge in [-0.1, -0.05) is 88.8 Å². The van der Waals surface area contributed by atoms with Gasteiger partial charge in [0.15, 0.2) is 0 Å². The number of aromatic amines is 1. The molecule has 60 heavy (non-hydrogen) atoms. The lowest BCUT2D eigenvalue weighted by Gasteiger charge is -2.35.